The second-order valence-corrected chi connectivity index (χ2v) is 6.12. The van der Waals surface area contributed by atoms with Gasteiger partial charge in [-0.2, -0.15) is 0 Å². The van der Waals surface area contributed by atoms with Crippen LogP contribution in [0.5, 0.6) is 5.88 Å². The van der Waals surface area contributed by atoms with Crippen LogP contribution in [0.3, 0.4) is 0 Å². The summed E-state index contributed by atoms with van der Waals surface area (Å²) in [5.74, 6) is 1.28. The van der Waals surface area contributed by atoms with Gasteiger partial charge in [0, 0.05) is 19.3 Å². The summed E-state index contributed by atoms with van der Waals surface area (Å²) in [6.45, 7) is 10.2. The summed E-state index contributed by atoms with van der Waals surface area (Å²) >= 11 is 0. The van der Waals surface area contributed by atoms with Crippen molar-refractivity contribution in [1.82, 2.24) is 20.2 Å². The molecule has 0 aromatic carbocycles. The molecule has 1 fully saturated rings. The molecule has 1 N–H and O–H groups in total. The van der Waals surface area contributed by atoms with Crippen molar-refractivity contribution in [1.29, 1.82) is 0 Å². The Morgan fingerprint density at radius 3 is 2.81 bits per heavy atom. The van der Waals surface area contributed by atoms with Crippen molar-refractivity contribution in [2.75, 3.05) is 32.8 Å². The highest BCUT2D eigenvalue weighted by Crippen LogP contribution is 2.09. The average molecular weight is 292 g/mol. The standard InChI is InChI=1S/C16H28N4O/c1-14(2)10-17-11-15-12-18-13-16(19-15)21-9-8-20-6-4-3-5-7-20/h12-14,17H,3-11H2,1-2H3. The van der Waals surface area contributed by atoms with Crippen LogP contribution in [0.25, 0.3) is 0 Å². The van der Waals surface area contributed by atoms with Gasteiger partial charge in [-0.15, -0.1) is 0 Å². The number of ether oxygens (including phenoxy) is 1. The Kier molecular flexibility index (Phi) is 6.89. The van der Waals surface area contributed by atoms with Crippen LogP contribution in [0.15, 0.2) is 12.4 Å². The molecule has 0 unspecified atom stereocenters. The zero-order chi connectivity index (χ0) is 14.9. The van der Waals surface area contributed by atoms with E-state index in [1.165, 1.54) is 32.4 Å². The molecule has 21 heavy (non-hydrogen) atoms. The average Bonchev–Trinajstić information content (AvgIpc) is 2.48. The summed E-state index contributed by atoms with van der Waals surface area (Å²) in [7, 11) is 0. The molecule has 1 aliphatic rings. The molecule has 0 aliphatic carbocycles. The lowest BCUT2D eigenvalue weighted by molar-refractivity contribution is 0.180. The van der Waals surface area contributed by atoms with Gasteiger partial charge in [-0.3, -0.25) is 9.88 Å². The molecule has 0 spiro atoms. The van der Waals surface area contributed by atoms with Gasteiger partial charge < -0.3 is 10.1 Å². The summed E-state index contributed by atoms with van der Waals surface area (Å²) in [4.78, 5) is 11.2. The molecule has 0 radical (unpaired) electrons. The van der Waals surface area contributed by atoms with Gasteiger partial charge in [0.2, 0.25) is 5.88 Å². The lowest BCUT2D eigenvalue weighted by Gasteiger charge is -2.25. The van der Waals surface area contributed by atoms with Crippen LogP contribution in [-0.2, 0) is 6.54 Å². The highest BCUT2D eigenvalue weighted by atomic mass is 16.5. The lowest BCUT2D eigenvalue weighted by atomic mass is 10.1. The van der Waals surface area contributed by atoms with Crippen LogP contribution in [-0.4, -0.2) is 47.7 Å². The maximum Gasteiger partial charge on any atom is 0.232 e. The largest absolute Gasteiger partial charge is 0.475 e. The van der Waals surface area contributed by atoms with E-state index in [9.17, 15) is 0 Å². The Balaban J connectivity index is 1.70. The number of aromatic nitrogens is 2. The summed E-state index contributed by atoms with van der Waals surface area (Å²) < 4.78 is 5.73. The summed E-state index contributed by atoms with van der Waals surface area (Å²) in [5, 5.41) is 3.37. The fraction of sp³-hybridized carbons (Fsp3) is 0.750. The zero-order valence-corrected chi connectivity index (χ0v) is 13.3. The topological polar surface area (TPSA) is 50.3 Å². The number of likely N-dealkylation sites (tertiary alicyclic amines) is 1. The third-order valence-corrected chi connectivity index (χ3v) is 3.63. The Labute approximate surface area is 128 Å². The van der Waals surface area contributed by atoms with E-state index in [4.69, 9.17) is 4.74 Å². The minimum Gasteiger partial charge on any atom is -0.475 e. The van der Waals surface area contributed by atoms with E-state index >= 15 is 0 Å². The molecule has 5 nitrogen and oxygen atoms in total. The van der Waals surface area contributed by atoms with E-state index < -0.39 is 0 Å². The van der Waals surface area contributed by atoms with Crippen molar-refractivity contribution in [3.05, 3.63) is 18.1 Å². The third-order valence-electron chi connectivity index (χ3n) is 3.63. The molecule has 1 saturated heterocycles. The molecule has 2 rings (SSSR count). The van der Waals surface area contributed by atoms with Crippen molar-refractivity contribution in [2.24, 2.45) is 5.92 Å². The van der Waals surface area contributed by atoms with Crippen LogP contribution >= 0.6 is 0 Å². The number of hydrogen-bond acceptors (Lipinski definition) is 5. The smallest absolute Gasteiger partial charge is 0.232 e. The predicted octanol–water partition coefficient (Wildman–Crippen LogP) is 2.09. The summed E-state index contributed by atoms with van der Waals surface area (Å²) in [5.41, 5.74) is 0.936. The molecule has 0 amide bonds. The minimum absolute atomic E-state index is 0.635. The van der Waals surface area contributed by atoms with Crippen molar-refractivity contribution in [3.63, 3.8) is 0 Å². The highest BCUT2D eigenvalue weighted by Gasteiger charge is 2.09. The highest BCUT2D eigenvalue weighted by molar-refractivity contribution is 5.08. The van der Waals surface area contributed by atoms with Gasteiger partial charge in [-0.05, 0) is 38.4 Å². The molecule has 0 saturated carbocycles. The Hall–Kier alpha value is -1.20. The van der Waals surface area contributed by atoms with Gasteiger partial charge in [0.15, 0.2) is 0 Å². The first kappa shape index (κ1) is 16.2. The second-order valence-electron chi connectivity index (χ2n) is 6.12. The second kappa shape index (κ2) is 8.95. The Bertz CT molecular complexity index is 405. The van der Waals surface area contributed by atoms with Gasteiger partial charge in [0.1, 0.15) is 6.61 Å². The molecule has 0 atom stereocenters. The molecule has 2 heterocycles. The molecular weight excluding hydrogens is 264 g/mol. The van der Waals surface area contributed by atoms with Gasteiger partial charge in [-0.25, -0.2) is 4.98 Å². The molecule has 1 aliphatic heterocycles. The van der Waals surface area contributed by atoms with Crippen LogP contribution in [0, 0.1) is 5.92 Å². The summed E-state index contributed by atoms with van der Waals surface area (Å²) in [6, 6.07) is 0. The van der Waals surface area contributed by atoms with E-state index in [0.717, 1.165) is 25.3 Å². The normalized spacial score (nSPS) is 16.3. The fourth-order valence-corrected chi connectivity index (χ4v) is 2.49. The fourth-order valence-electron chi connectivity index (χ4n) is 2.49. The van der Waals surface area contributed by atoms with Gasteiger partial charge >= 0.3 is 0 Å². The molecule has 1 aromatic rings. The summed E-state index contributed by atoms with van der Waals surface area (Å²) in [6.07, 6.45) is 7.49. The minimum atomic E-state index is 0.635. The van der Waals surface area contributed by atoms with E-state index in [0.29, 0.717) is 18.4 Å². The number of nitrogens with zero attached hydrogens (tertiary/aromatic N) is 3. The van der Waals surface area contributed by atoms with Gasteiger partial charge in [0.25, 0.3) is 0 Å². The maximum absolute atomic E-state index is 5.73. The molecular formula is C16H28N4O. The Morgan fingerprint density at radius 1 is 1.24 bits per heavy atom. The molecule has 118 valence electrons. The van der Waals surface area contributed by atoms with Crippen molar-refractivity contribution >= 4 is 0 Å². The maximum atomic E-state index is 5.73. The van der Waals surface area contributed by atoms with E-state index in [2.05, 4.69) is 34.0 Å². The number of hydrogen-bond donors (Lipinski definition) is 1. The van der Waals surface area contributed by atoms with Crippen molar-refractivity contribution in [2.45, 2.75) is 39.7 Å². The zero-order valence-electron chi connectivity index (χ0n) is 13.3. The van der Waals surface area contributed by atoms with Crippen molar-refractivity contribution in [3.8, 4) is 5.88 Å². The van der Waals surface area contributed by atoms with E-state index in [1.807, 2.05) is 0 Å². The van der Waals surface area contributed by atoms with Crippen LogP contribution in [0.4, 0.5) is 0 Å². The number of rotatable bonds is 8. The Morgan fingerprint density at radius 2 is 2.05 bits per heavy atom. The van der Waals surface area contributed by atoms with Crippen molar-refractivity contribution < 1.29 is 4.74 Å². The quantitative estimate of drug-likeness (QED) is 0.795. The first-order valence-electron chi connectivity index (χ1n) is 8.11. The van der Waals surface area contributed by atoms with Gasteiger partial charge in [-0.1, -0.05) is 20.3 Å². The van der Waals surface area contributed by atoms with Crippen LogP contribution in [0.1, 0.15) is 38.8 Å². The van der Waals surface area contributed by atoms with Crippen LogP contribution in [0.2, 0.25) is 0 Å². The SMILES string of the molecule is CC(C)CNCc1cncc(OCCN2CCCCC2)n1. The molecule has 1 aromatic heterocycles. The van der Waals surface area contributed by atoms with E-state index in [1.54, 1.807) is 12.4 Å². The first-order valence-corrected chi connectivity index (χ1v) is 8.11. The number of nitrogens with one attached hydrogen (secondary N) is 1. The van der Waals surface area contributed by atoms with Gasteiger partial charge in [0.05, 0.1) is 11.9 Å². The van der Waals surface area contributed by atoms with Crippen LogP contribution < -0.4 is 10.1 Å². The first-order chi connectivity index (χ1) is 10.2. The number of piperidine rings is 1. The monoisotopic (exact) mass is 292 g/mol. The molecule has 0 bridgehead atoms. The predicted molar refractivity (Wildman–Crippen MR) is 84.4 cm³/mol. The molecule has 5 heteroatoms. The lowest BCUT2D eigenvalue weighted by Crippen LogP contribution is -2.33. The van der Waals surface area contributed by atoms with E-state index in [-0.39, 0.29) is 0 Å². The third kappa shape index (κ3) is 6.40.